The molecule has 1 N–H and O–H groups in total. The Morgan fingerprint density at radius 2 is 1.81 bits per heavy atom. The summed E-state index contributed by atoms with van der Waals surface area (Å²) >= 11 is 0. The molecule has 3 fully saturated rings. The highest BCUT2D eigenvalue weighted by Crippen LogP contribution is 2.67. The molecular weight excluding hydrogens is 338 g/mol. The van der Waals surface area contributed by atoms with E-state index in [1.165, 1.54) is 5.57 Å². The summed E-state index contributed by atoms with van der Waals surface area (Å²) in [6, 6.07) is 0. The lowest BCUT2D eigenvalue weighted by atomic mass is 9.46. The Labute approximate surface area is 163 Å². The minimum absolute atomic E-state index is 0.00168. The molecule has 150 valence electrons. The SMILES string of the molecule is CN(C)CC(=O)[C@@]1(O)CC[C@H]2[C@@H]3CCC4=CC(=O)CC[C@]4(C)[C@H]3CC[C@@]21C. The molecule has 3 saturated carbocycles. The molecule has 0 aliphatic heterocycles. The van der Waals surface area contributed by atoms with Gasteiger partial charge in [-0.15, -0.1) is 0 Å². The number of rotatable bonds is 3. The van der Waals surface area contributed by atoms with Gasteiger partial charge in [-0.05, 0) is 88.3 Å². The first kappa shape index (κ1) is 19.3. The second-order valence-electron chi connectivity index (χ2n) is 10.5. The molecule has 4 rings (SSSR count). The third kappa shape index (κ3) is 2.62. The highest BCUT2D eigenvalue weighted by molar-refractivity contribution is 5.92. The summed E-state index contributed by atoms with van der Waals surface area (Å²) in [6.45, 7) is 4.88. The fourth-order valence-corrected chi connectivity index (χ4v) is 7.45. The highest BCUT2D eigenvalue weighted by Gasteiger charge is 2.66. The van der Waals surface area contributed by atoms with Crippen molar-refractivity contribution in [2.24, 2.45) is 28.6 Å². The maximum absolute atomic E-state index is 13.0. The topological polar surface area (TPSA) is 57.6 Å². The normalized spacial score (nSPS) is 46.5. The maximum Gasteiger partial charge on any atom is 0.178 e. The maximum atomic E-state index is 13.0. The van der Waals surface area contributed by atoms with Gasteiger partial charge in [-0.1, -0.05) is 19.4 Å². The number of allylic oxidation sites excluding steroid dienone is 1. The van der Waals surface area contributed by atoms with E-state index in [4.69, 9.17) is 0 Å². The van der Waals surface area contributed by atoms with E-state index in [2.05, 4.69) is 13.8 Å². The molecule has 0 heterocycles. The largest absolute Gasteiger partial charge is 0.381 e. The molecular formula is C23H35NO3. The molecule has 0 saturated heterocycles. The van der Waals surface area contributed by atoms with E-state index in [9.17, 15) is 14.7 Å². The first-order valence-electron chi connectivity index (χ1n) is 10.8. The van der Waals surface area contributed by atoms with Gasteiger partial charge in [0.2, 0.25) is 0 Å². The zero-order valence-electron chi connectivity index (χ0n) is 17.4. The predicted molar refractivity (Wildman–Crippen MR) is 105 cm³/mol. The molecule has 4 aliphatic carbocycles. The van der Waals surface area contributed by atoms with Gasteiger partial charge in [0.25, 0.3) is 0 Å². The second-order valence-corrected chi connectivity index (χ2v) is 10.5. The summed E-state index contributed by atoms with van der Waals surface area (Å²) in [5.74, 6) is 1.88. The zero-order chi connectivity index (χ0) is 19.6. The Morgan fingerprint density at radius 3 is 2.52 bits per heavy atom. The molecule has 27 heavy (non-hydrogen) atoms. The van der Waals surface area contributed by atoms with E-state index >= 15 is 0 Å². The third-order valence-electron chi connectivity index (χ3n) is 9.03. The number of carbonyl (C=O) groups excluding carboxylic acids is 2. The first-order valence-corrected chi connectivity index (χ1v) is 10.8. The van der Waals surface area contributed by atoms with Crippen molar-refractivity contribution in [1.29, 1.82) is 0 Å². The van der Waals surface area contributed by atoms with Crippen LogP contribution < -0.4 is 0 Å². The quantitative estimate of drug-likeness (QED) is 0.824. The van der Waals surface area contributed by atoms with Crippen LogP contribution in [-0.4, -0.2) is 47.8 Å². The van der Waals surface area contributed by atoms with Gasteiger partial charge in [-0.2, -0.15) is 0 Å². The Balaban J connectivity index is 1.64. The van der Waals surface area contributed by atoms with Gasteiger partial charge in [0.05, 0.1) is 6.54 Å². The van der Waals surface area contributed by atoms with E-state index < -0.39 is 5.60 Å². The first-order chi connectivity index (χ1) is 12.6. The van der Waals surface area contributed by atoms with Crippen LogP contribution >= 0.6 is 0 Å². The van der Waals surface area contributed by atoms with Crippen molar-refractivity contribution >= 4 is 11.6 Å². The van der Waals surface area contributed by atoms with Crippen molar-refractivity contribution < 1.29 is 14.7 Å². The Morgan fingerprint density at radius 1 is 1.11 bits per heavy atom. The van der Waals surface area contributed by atoms with Crippen molar-refractivity contribution in [3.8, 4) is 0 Å². The summed E-state index contributed by atoms with van der Waals surface area (Å²) in [7, 11) is 3.79. The van der Waals surface area contributed by atoms with Crippen LogP contribution in [0.25, 0.3) is 0 Å². The average Bonchev–Trinajstić information content (AvgIpc) is 2.88. The minimum atomic E-state index is -1.17. The molecule has 0 aromatic heterocycles. The van der Waals surface area contributed by atoms with E-state index in [0.717, 1.165) is 38.5 Å². The van der Waals surface area contributed by atoms with Gasteiger partial charge >= 0.3 is 0 Å². The van der Waals surface area contributed by atoms with Crippen LogP contribution in [0.5, 0.6) is 0 Å². The number of nitrogens with zero attached hydrogens (tertiary/aromatic N) is 1. The van der Waals surface area contributed by atoms with Crippen LogP contribution in [-0.2, 0) is 9.59 Å². The monoisotopic (exact) mass is 373 g/mol. The van der Waals surface area contributed by atoms with Crippen LogP contribution in [0, 0.1) is 28.6 Å². The number of likely N-dealkylation sites (N-methyl/N-ethyl adjacent to an activating group) is 1. The molecule has 0 unspecified atom stereocenters. The minimum Gasteiger partial charge on any atom is -0.381 e. The van der Waals surface area contributed by atoms with E-state index in [-0.39, 0.29) is 16.6 Å². The number of carbonyl (C=O) groups is 2. The predicted octanol–water partition coefficient (Wildman–Crippen LogP) is 3.38. The van der Waals surface area contributed by atoms with Crippen LogP contribution in [0.15, 0.2) is 11.6 Å². The molecule has 0 spiro atoms. The Bertz CT molecular complexity index is 698. The van der Waals surface area contributed by atoms with Gasteiger partial charge in [0.1, 0.15) is 5.60 Å². The fraction of sp³-hybridized carbons (Fsp3) is 0.826. The molecule has 0 bridgehead atoms. The summed E-state index contributed by atoms with van der Waals surface area (Å²) < 4.78 is 0. The van der Waals surface area contributed by atoms with Crippen LogP contribution in [0.3, 0.4) is 0 Å². The zero-order valence-corrected chi connectivity index (χ0v) is 17.4. The van der Waals surface area contributed by atoms with E-state index in [1.807, 2.05) is 25.1 Å². The van der Waals surface area contributed by atoms with Crippen molar-refractivity contribution in [2.75, 3.05) is 20.6 Å². The highest BCUT2D eigenvalue weighted by atomic mass is 16.3. The summed E-state index contributed by atoms with van der Waals surface area (Å²) in [6.07, 6.45) is 9.28. The molecule has 0 aromatic rings. The van der Waals surface area contributed by atoms with Gasteiger partial charge in [-0.25, -0.2) is 0 Å². The molecule has 4 heteroatoms. The standard InChI is InChI=1S/C23H35NO3/c1-21-10-7-16(25)13-15(21)5-6-17-18(21)8-11-22(2)19(17)9-12-23(22,27)20(26)14-24(3)4/h13,17-19,27H,5-12,14H2,1-4H3/t17-,18+,19+,21+,22+,23+/m1/s1. The second kappa shape index (κ2) is 6.25. The summed E-state index contributed by atoms with van der Waals surface area (Å²) in [5, 5.41) is 11.6. The Hall–Kier alpha value is -1.00. The van der Waals surface area contributed by atoms with Crippen LogP contribution in [0.2, 0.25) is 0 Å². The molecule has 0 amide bonds. The number of Topliss-reactive ketones (excluding diaryl/α,β-unsaturated/α-hetero) is 1. The van der Waals surface area contributed by atoms with Gasteiger partial charge in [0, 0.05) is 11.8 Å². The molecule has 0 radical (unpaired) electrons. The van der Waals surface area contributed by atoms with Crippen molar-refractivity contribution in [3.05, 3.63) is 11.6 Å². The van der Waals surface area contributed by atoms with Crippen LogP contribution in [0.4, 0.5) is 0 Å². The van der Waals surface area contributed by atoms with E-state index in [0.29, 0.717) is 42.9 Å². The van der Waals surface area contributed by atoms with Gasteiger partial charge in [0.15, 0.2) is 11.6 Å². The fourth-order valence-electron chi connectivity index (χ4n) is 7.45. The van der Waals surface area contributed by atoms with Crippen molar-refractivity contribution in [3.63, 3.8) is 0 Å². The summed E-state index contributed by atoms with van der Waals surface area (Å²) in [5.41, 5.74) is 0.0444. The van der Waals surface area contributed by atoms with Gasteiger partial charge in [-0.3, -0.25) is 9.59 Å². The van der Waals surface area contributed by atoms with Crippen molar-refractivity contribution in [1.82, 2.24) is 4.90 Å². The van der Waals surface area contributed by atoms with Crippen LogP contribution in [0.1, 0.15) is 65.2 Å². The number of hydrogen-bond donors (Lipinski definition) is 1. The van der Waals surface area contributed by atoms with E-state index in [1.54, 1.807) is 0 Å². The summed E-state index contributed by atoms with van der Waals surface area (Å²) in [4.78, 5) is 26.8. The smallest absolute Gasteiger partial charge is 0.178 e. The number of aliphatic hydroxyl groups is 1. The number of hydrogen-bond acceptors (Lipinski definition) is 4. The molecule has 4 aliphatic rings. The van der Waals surface area contributed by atoms with Gasteiger partial charge < -0.3 is 10.0 Å². The number of ketones is 2. The van der Waals surface area contributed by atoms with Crippen molar-refractivity contribution in [2.45, 2.75) is 70.8 Å². The average molecular weight is 374 g/mol. The number of fused-ring (bicyclic) bond motifs is 5. The lowest BCUT2D eigenvalue weighted by Crippen LogP contribution is -2.58. The molecule has 6 atom stereocenters. The lowest BCUT2D eigenvalue weighted by molar-refractivity contribution is -0.162. The Kier molecular flexibility index (Phi) is 4.47. The lowest BCUT2D eigenvalue weighted by Gasteiger charge is -2.59. The molecule has 0 aromatic carbocycles. The third-order valence-corrected chi connectivity index (χ3v) is 9.03. The molecule has 4 nitrogen and oxygen atoms in total.